The first kappa shape index (κ1) is 20.0. The van der Waals surface area contributed by atoms with Crippen LogP contribution >= 0.6 is 0 Å². The van der Waals surface area contributed by atoms with Crippen molar-refractivity contribution in [1.82, 2.24) is 0 Å². The maximum atomic E-state index is 13.1. The van der Waals surface area contributed by atoms with Gasteiger partial charge in [0.2, 0.25) is 17.6 Å². The summed E-state index contributed by atoms with van der Waals surface area (Å²) in [6, 6.07) is 5.90. The largest absolute Gasteiger partial charge is 0.493 e. The van der Waals surface area contributed by atoms with Crippen molar-refractivity contribution < 1.29 is 32.6 Å². The molecule has 9 heteroatoms. The minimum absolute atomic E-state index is 0.0412. The molecule has 27 heavy (non-hydrogen) atoms. The van der Waals surface area contributed by atoms with E-state index in [2.05, 4.69) is 10.6 Å². The van der Waals surface area contributed by atoms with E-state index in [9.17, 15) is 18.4 Å². The molecule has 0 bridgehead atoms. The van der Waals surface area contributed by atoms with E-state index in [1.54, 1.807) is 0 Å². The van der Waals surface area contributed by atoms with Gasteiger partial charge in [0.1, 0.15) is 6.42 Å². The maximum Gasteiger partial charge on any atom is 0.233 e. The molecular formula is C18H18F2N2O5. The molecule has 0 aliphatic rings. The number of hydrogen-bond donors (Lipinski definition) is 2. The van der Waals surface area contributed by atoms with Crippen molar-refractivity contribution in [2.45, 2.75) is 6.42 Å². The molecule has 2 aromatic rings. The molecule has 0 saturated carbocycles. The first-order valence-electron chi connectivity index (χ1n) is 7.72. The standard InChI is InChI=1S/C18H18F2N2O5/c1-25-14-7-11(8-15(26-2)18(14)27-3)22-17(24)9-16(23)21-10-4-5-12(19)13(20)6-10/h4-8H,9H2,1-3H3,(H,21,23)(H,22,24). The number of halogens is 2. The Kier molecular flexibility index (Phi) is 6.53. The summed E-state index contributed by atoms with van der Waals surface area (Å²) in [5.74, 6) is -2.43. The topological polar surface area (TPSA) is 85.9 Å². The van der Waals surface area contributed by atoms with Crippen molar-refractivity contribution in [3.05, 3.63) is 42.0 Å². The third-order valence-corrected chi connectivity index (χ3v) is 3.47. The van der Waals surface area contributed by atoms with Crippen molar-refractivity contribution in [1.29, 1.82) is 0 Å². The molecule has 0 aliphatic carbocycles. The zero-order valence-electron chi connectivity index (χ0n) is 14.9. The van der Waals surface area contributed by atoms with E-state index >= 15 is 0 Å². The predicted octanol–water partition coefficient (Wildman–Crippen LogP) is 2.96. The van der Waals surface area contributed by atoms with E-state index in [1.807, 2.05) is 0 Å². The van der Waals surface area contributed by atoms with Gasteiger partial charge in [0.05, 0.1) is 21.3 Å². The fraction of sp³-hybridized carbons (Fsp3) is 0.222. The molecular weight excluding hydrogens is 362 g/mol. The van der Waals surface area contributed by atoms with E-state index in [1.165, 1.54) is 39.5 Å². The molecule has 0 fully saturated rings. The summed E-state index contributed by atoms with van der Waals surface area (Å²) in [7, 11) is 4.30. The maximum absolute atomic E-state index is 13.1. The summed E-state index contributed by atoms with van der Waals surface area (Å²) >= 11 is 0. The smallest absolute Gasteiger partial charge is 0.233 e. The summed E-state index contributed by atoms with van der Waals surface area (Å²) < 4.78 is 41.6. The van der Waals surface area contributed by atoms with Gasteiger partial charge in [-0.25, -0.2) is 8.78 Å². The average Bonchev–Trinajstić information content (AvgIpc) is 2.63. The van der Waals surface area contributed by atoms with Crippen LogP contribution in [0.4, 0.5) is 20.2 Å². The number of nitrogens with one attached hydrogen (secondary N) is 2. The van der Waals surface area contributed by atoms with Crippen molar-refractivity contribution >= 4 is 23.2 Å². The van der Waals surface area contributed by atoms with Crippen LogP contribution in [-0.2, 0) is 9.59 Å². The van der Waals surface area contributed by atoms with Crippen LogP contribution in [0.15, 0.2) is 30.3 Å². The molecule has 0 radical (unpaired) electrons. The van der Waals surface area contributed by atoms with E-state index in [4.69, 9.17) is 14.2 Å². The third-order valence-electron chi connectivity index (χ3n) is 3.47. The normalized spacial score (nSPS) is 10.1. The highest BCUT2D eigenvalue weighted by Gasteiger charge is 2.16. The molecule has 0 unspecified atom stereocenters. The highest BCUT2D eigenvalue weighted by Crippen LogP contribution is 2.39. The van der Waals surface area contributed by atoms with Crippen LogP contribution in [0.25, 0.3) is 0 Å². The Hall–Kier alpha value is -3.36. The number of amides is 2. The quantitative estimate of drug-likeness (QED) is 0.722. The highest BCUT2D eigenvalue weighted by atomic mass is 19.2. The molecule has 0 heterocycles. The Morgan fingerprint density at radius 2 is 1.37 bits per heavy atom. The second-order valence-corrected chi connectivity index (χ2v) is 5.32. The van der Waals surface area contributed by atoms with Gasteiger partial charge in [-0.15, -0.1) is 0 Å². The zero-order chi connectivity index (χ0) is 20.0. The third kappa shape index (κ3) is 5.06. The van der Waals surface area contributed by atoms with Crippen molar-refractivity contribution in [2.24, 2.45) is 0 Å². The molecule has 7 nitrogen and oxygen atoms in total. The Labute approximate surface area is 154 Å². The van der Waals surface area contributed by atoms with Crippen molar-refractivity contribution in [2.75, 3.05) is 32.0 Å². The average molecular weight is 380 g/mol. The summed E-state index contributed by atoms with van der Waals surface area (Å²) in [6.07, 6.45) is -0.532. The lowest BCUT2D eigenvalue weighted by Gasteiger charge is -2.14. The molecule has 2 aromatic carbocycles. The van der Waals surface area contributed by atoms with Gasteiger partial charge in [-0.3, -0.25) is 9.59 Å². The summed E-state index contributed by atoms with van der Waals surface area (Å²) in [6.45, 7) is 0. The van der Waals surface area contributed by atoms with Crippen LogP contribution in [0.5, 0.6) is 17.2 Å². The molecule has 0 aromatic heterocycles. The Bertz CT molecular complexity index is 833. The Morgan fingerprint density at radius 1 is 0.815 bits per heavy atom. The van der Waals surface area contributed by atoms with Gasteiger partial charge in [-0.05, 0) is 12.1 Å². The number of hydrogen-bond acceptors (Lipinski definition) is 5. The molecule has 0 atom stereocenters. The zero-order valence-corrected chi connectivity index (χ0v) is 14.9. The molecule has 0 spiro atoms. The predicted molar refractivity (Wildman–Crippen MR) is 94.3 cm³/mol. The van der Waals surface area contributed by atoms with Gasteiger partial charge in [0.15, 0.2) is 23.1 Å². The second kappa shape index (κ2) is 8.84. The van der Waals surface area contributed by atoms with Gasteiger partial charge >= 0.3 is 0 Å². The molecule has 0 saturated heterocycles. The molecule has 0 aliphatic heterocycles. The van der Waals surface area contributed by atoms with Crippen LogP contribution in [0, 0.1) is 11.6 Å². The molecule has 144 valence electrons. The summed E-state index contributed by atoms with van der Waals surface area (Å²) in [5, 5.41) is 4.84. The van der Waals surface area contributed by atoms with Gasteiger partial charge < -0.3 is 24.8 Å². The number of carbonyl (C=O) groups is 2. The highest BCUT2D eigenvalue weighted by molar-refractivity contribution is 6.08. The number of carbonyl (C=O) groups excluding carboxylic acids is 2. The number of rotatable bonds is 7. The van der Waals surface area contributed by atoms with Crippen LogP contribution < -0.4 is 24.8 Å². The lowest BCUT2D eigenvalue weighted by molar-refractivity contribution is -0.123. The van der Waals surface area contributed by atoms with Crippen molar-refractivity contribution in [3.8, 4) is 17.2 Å². The van der Waals surface area contributed by atoms with Gasteiger partial charge in [0, 0.05) is 29.6 Å². The molecule has 2 rings (SSSR count). The summed E-state index contributed by atoms with van der Waals surface area (Å²) in [4.78, 5) is 24.0. The minimum atomic E-state index is -1.10. The van der Waals surface area contributed by atoms with Crippen LogP contribution in [0.1, 0.15) is 6.42 Å². The van der Waals surface area contributed by atoms with Gasteiger partial charge in [-0.1, -0.05) is 0 Å². The van der Waals surface area contributed by atoms with Crippen molar-refractivity contribution in [3.63, 3.8) is 0 Å². The van der Waals surface area contributed by atoms with Crippen LogP contribution in [0.3, 0.4) is 0 Å². The first-order chi connectivity index (χ1) is 12.9. The SMILES string of the molecule is COc1cc(NC(=O)CC(=O)Nc2ccc(F)c(F)c2)cc(OC)c1OC. The lowest BCUT2D eigenvalue weighted by Crippen LogP contribution is -2.21. The fourth-order valence-electron chi connectivity index (χ4n) is 2.28. The fourth-order valence-corrected chi connectivity index (χ4v) is 2.28. The second-order valence-electron chi connectivity index (χ2n) is 5.32. The van der Waals surface area contributed by atoms with E-state index in [0.29, 0.717) is 22.9 Å². The number of benzene rings is 2. The molecule has 2 amide bonds. The number of anilines is 2. The van der Waals surface area contributed by atoms with E-state index in [0.717, 1.165) is 12.1 Å². The van der Waals surface area contributed by atoms with Crippen LogP contribution in [-0.4, -0.2) is 33.1 Å². The lowest BCUT2D eigenvalue weighted by atomic mass is 10.2. The Morgan fingerprint density at radius 3 is 1.85 bits per heavy atom. The number of methoxy groups -OCH3 is 3. The first-order valence-corrected chi connectivity index (χ1v) is 7.72. The number of ether oxygens (including phenoxy) is 3. The monoisotopic (exact) mass is 380 g/mol. The van der Waals surface area contributed by atoms with E-state index < -0.39 is 29.9 Å². The van der Waals surface area contributed by atoms with Gasteiger partial charge in [0.25, 0.3) is 0 Å². The summed E-state index contributed by atoms with van der Waals surface area (Å²) in [5.41, 5.74) is 0.370. The van der Waals surface area contributed by atoms with E-state index in [-0.39, 0.29) is 5.69 Å². The van der Waals surface area contributed by atoms with Crippen LogP contribution in [0.2, 0.25) is 0 Å². The molecule has 2 N–H and O–H groups in total. The van der Waals surface area contributed by atoms with Gasteiger partial charge in [-0.2, -0.15) is 0 Å². The Balaban J connectivity index is 2.04. The minimum Gasteiger partial charge on any atom is -0.493 e.